The summed E-state index contributed by atoms with van der Waals surface area (Å²) in [5.74, 6) is 0.816. The van der Waals surface area contributed by atoms with Crippen molar-refractivity contribution in [1.29, 1.82) is 0 Å². The second-order valence-electron chi connectivity index (χ2n) is 6.91. The molecule has 0 spiro atoms. The van der Waals surface area contributed by atoms with Gasteiger partial charge in [0.2, 0.25) is 0 Å². The first-order valence-electron chi connectivity index (χ1n) is 9.70. The van der Waals surface area contributed by atoms with E-state index in [1.165, 1.54) is 10.5 Å². The smallest absolute Gasteiger partial charge is 0.260 e. The normalized spacial score (nSPS) is 11.0. The maximum Gasteiger partial charge on any atom is 0.260 e. The number of hydrogen-bond acceptors (Lipinski definition) is 4. The van der Waals surface area contributed by atoms with Gasteiger partial charge in [-0.2, -0.15) is 0 Å². The van der Waals surface area contributed by atoms with Crippen LogP contribution in [0.25, 0.3) is 10.2 Å². The number of rotatable bonds is 6. The van der Waals surface area contributed by atoms with E-state index in [0.717, 1.165) is 31.7 Å². The summed E-state index contributed by atoms with van der Waals surface area (Å²) >= 11 is 9.24. The molecular formula is C24H21ClN2OS2. The van der Waals surface area contributed by atoms with E-state index < -0.39 is 0 Å². The van der Waals surface area contributed by atoms with E-state index in [1.807, 2.05) is 74.5 Å². The second kappa shape index (κ2) is 9.21. The van der Waals surface area contributed by atoms with Crippen molar-refractivity contribution in [2.45, 2.75) is 24.5 Å². The molecule has 0 bridgehead atoms. The molecule has 3 aromatic carbocycles. The minimum absolute atomic E-state index is 0.0221. The molecule has 0 aliphatic carbocycles. The molecule has 0 N–H and O–H groups in total. The molecule has 152 valence electrons. The number of carbonyl (C=O) groups excluding carboxylic acids is 1. The Labute approximate surface area is 189 Å². The molecule has 1 amide bonds. The van der Waals surface area contributed by atoms with Crippen LogP contribution in [-0.4, -0.2) is 17.4 Å². The molecule has 0 fully saturated rings. The standard InChI is InChI=1S/C24H21ClN2OS2/c1-3-27(24-26-22-16(2)5-4-6-21(22)30-24)23(28)18-9-7-17(8-10-18)15-29-20-13-11-19(25)12-14-20/h4-14H,3,15H2,1-2H3. The van der Waals surface area contributed by atoms with Gasteiger partial charge >= 0.3 is 0 Å². The van der Waals surface area contributed by atoms with Crippen molar-refractivity contribution >= 4 is 56.0 Å². The first kappa shape index (κ1) is 20.9. The largest absolute Gasteiger partial charge is 0.284 e. The number of fused-ring (bicyclic) bond motifs is 1. The third-order valence-corrected chi connectivity index (χ3v) is 7.20. The molecule has 0 aliphatic heterocycles. The van der Waals surface area contributed by atoms with E-state index in [0.29, 0.717) is 12.1 Å². The Balaban J connectivity index is 1.48. The van der Waals surface area contributed by atoms with Gasteiger partial charge in [0, 0.05) is 27.8 Å². The number of carbonyl (C=O) groups is 1. The average Bonchev–Trinajstić information content (AvgIpc) is 3.19. The highest BCUT2D eigenvalue weighted by Crippen LogP contribution is 2.31. The highest BCUT2D eigenvalue weighted by Gasteiger charge is 2.20. The van der Waals surface area contributed by atoms with Crippen LogP contribution >= 0.6 is 34.7 Å². The highest BCUT2D eigenvalue weighted by atomic mass is 35.5. The molecule has 0 saturated heterocycles. The molecule has 0 radical (unpaired) electrons. The molecule has 6 heteroatoms. The van der Waals surface area contributed by atoms with Crippen LogP contribution in [0.1, 0.15) is 28.4 Å². The van der Waals surface area contributed by atoms with E-state index in [1.54, 1.807) is 28.0 Å². The Kier molecular flexibility index (Phi) is 6.42. The van der Waals surface area contributed by atoms with Gasteiger partial charge in [-0.15, -0.1) is 11.8 Å². The minimum Gasteiger partial charge on any atom is -0.284 e. The highest BCUT2D eigenvalue weighted by molar-refractivity contribution is 7.98. The van der Waals surface area contributed by atoms with Crippen molar-refractivity contribution in [3.05, 3.63) is 88.4 Å². The lowest BCUT2D eigenvalue weighted by atomic mass is 10.1. The van der Waals surface area contributed by atoms with Gasteiger partial charge in [-0.1, -0.05) is 47.2 Å². The third kappa shape index (κ3) is 4.53. The summed E-state index contributed by atoms with van der Waals surface area (Å²) in [6.07, 6.45) is 0. The molecule has 3 nitrogen and oxygen atoms in total. The Morgan fingerprint density at radius 3 is 2.47 bits per heavy atom. The molecule has 0 atom stereocenters. The van der Waals surface area contributed by atoms with Crippen LogP contribution in [0.3, 0.4) is 0 Å². The number of anilines is 1. The fraction of sp³-hybridized carbons (Fsp3) is 0.167. The van der Waals surface area contributed by atoms with Crippen molar-refractivity contribution in [3.63, 3.8) is 0 Å². The van der Waals surface area contributed by atoms with Crippen molar-refractivity contribution in [3.8, 4) is 0 Å². The molecule has 0 aliphatic rings. The van der Waals surface area contributed by atoms with Gasteiger partial charge in [-0.25, -0.2) is 4.98 Å². The zero-order valence-corrected chi connectivity index (χ0v) is 19.2. The SMILES string of the molecule is CCN(C(=O)c1ccc(CSc2ccc(Cl)cc2)cc1)c1nc2c(C)cccc2s1. The number of nitrogens with zero attached hydrogens (tertiary/aromatic N) is 2. The Bertz CT molecular complexity index is 1170. The van der Waals surface area contributed by atoms with E-state index in [-0.39, 0.29) is 5.91 Å². The number of aromatic nitrogens is 1. The van der Waals surface area contributed by atoms with Gasteiger partial charge < -0.3 is 0 Å². The lowest BCUT2D eigenvalue weighted by molar-refractivity contribution is 0.0988. The van der Waals surface area contributed by atoms with Crippen LogP contribution in [0.5, 0.6) is 0 Å². The summed E-state index contributed by atoms with van der Waals surface area (Å²) in [5.41, 5.74) is 3.94. The average molecular weight is 453 g/mol. The number of para-hydroxylation sites is 1. The maximum absolute atomic E-state index is 13.1. The molecule has 1 heterocycles. The van der Waals surface area contributed by atoms with Crippen LogP contribution < -0.4 is 4.90 Å². The Morgan fingerprint density at radius 1 is 1.07 bits per heavy atom. The van der Waals surface area contributed by atoms with Gasteiger partial charge in [0.1, 0.15) is 0 Å². The first-order valence-corrected chi connectivity index (χ1v) is 11.9. The van der Waals surface area contributed by atoms with Gasteiger partial charge in [-0.05, 0) is 67.4 Å². The van der Waals surface area contributed by atoms with Gasteiger partial charge in [0.15, 0.2) is 5.13 Å². The lowest BCUT2D eigenvalue weighted by Crippen LogP contribution is -2.30. The number of halogens is 1. The van der Waals surface area contributed by atoms with Crippen LogP contribution in [-0.2, 0) is 5.75 Å². The van der Waals surface area contributed by atoms with Crippen LogP contribution in [0.2, 0.25) is 5.02 Å². The molecule has 4 aromatic rings. The fourth-order valence-corrected chi connectivity index (χ4v) is 5.24. The van der Waals surface area contributed by atoms with Gasteiger partial charge in [-0.3, -0.25) is 9.69 Å². The summed E-state index contributed by atoms with van der Waals surface area (Å²) in [4.78, 5) is 20.8. The van der Waals surface area contributed by atoms with Crippen molar-refractivity contribution in [2.24, 2.45) is 0 Å². The number of aryl methyl sites for hydroxylation is 1. The van der Waals surface area contributed by atoms with Crippen LogP contribution in [0.15, 0.2) is 71.6 Å². The number of thiazole rings is 1. The number of hydrogen-bond donors (Lipinski definition) is 0. The molecule has 1 aromatic heterocycles. The quantitative estimate of drug-likeness (QED) is 0.289. The molecule has 0 saturated carbocycles. The van der Waals surface area contributed by atoms with Gasteiger partial charge in [0.05, 0.1) is 10.2 Å². The fourth-order valence-electron chi connectivity index (χ4n) is 3.15. The van der Waals surface area contributed by atoms with Crippen LogP contribution in [0.4, 0.5) is 5.13 Å². The van der Waals surface area contributed by atoms with Crippen molar-refractivity contribution in [2.75, 3.05) is 11.4 Å². The molecule has 0 unspecified atom stereocenters. The number of benzene rings is 3. The molecule has 4 rings (SSSR count). The predicted molar refractivity (Wildman–Crippen MR) is 129 cm³/mol. The zero-order chi connectivity index (χ0) is 21.1. The third-order valence-electron chi connectivity index (χ3n) is 4.82. The first-order chi connectivity index (χ1) is 14.5. The van der Waals surface area contributed by atoms with E-state index in [2.05, 4.69) is 6.07 Å². The lowest BCUT2D eigenvalue weighted by Gasteiger charge is -2.17. The Morgan fingerprint density at radius 2 is 1.80 bits per heavy atom. The predicted octanol–water partition coefficient (Wildman–Crippen LogP) is 7.22. The minimum atomic E-state index is -0.0221. The summed E-state index contributed by atoms with van der Waals surface area (Å²) in [6, 6.07) is 21.8. The monoisotopic (exact) mass is 452 g/mol. The summed E-state index contributed by atoms with van der Waals surface area (Å²) in [6.45, 7) is 4.60. The van der Waals surface area contributed by atoms with Crippen molar-refractivity contribution < 1.29 is 4.79 Å². The molecule has 30 heavy (non-hydrogen) atoms. The summed E-state index contributed by atoms with van der Waals surface area (Å²) in [5, 5.41) is 1.49. The van der Waals surface area contributed by atoms with E-state index in [9.17, 15) is 4.79 Å². The van der Waals surface area contributed by atoms with E-state index in [4.69, 9.17) is 16.6 Å². The summed E-state index contributed by atoms with van der Waals surface area (Å²) < 4.78 is 1.10. The van der Waals surface area contributed by atoms with E-state index >= 15 is 0 Å². The number of amides is 1. The van der Waals surface area contributed by atoms with Crippen molar-refractivity contribution in [1.82, 2.24) is 4.98 Å². The zero-order valence-electron chi connectivity index (χ0n) is 16.8. The summed E-state index contributed by atoms with van der Waals surface area (Å²) in [7, 11) is 0. The van der Waals surface area contributed by atoms with Crippen LogP contribution in [0, 0.1) is 6.92 Å². The Hall–Kier alpha value is -2.34. The maximum atomic E-state index is 13.1. The second-order valence-corrected chi connectivity index (χ2v) is 9.40. The topological polar surface area (TPSA) is 33.2 Å². The number of thioether (sulfide) groups is 1. The van der Waals surface area contributed by atoms with Gasteiger partial charge in [0.25, 0.3) is 5.91 Å². The molecular weight excluding hydrogens is 432 g/mol.